The summed E-state index contributed by atoms with van der Waals surface area (Å²) in [6.45, 7) is 0. The van der Waals surface area contributed by atoms with Gasteiger partial charge in [-0.3, -0.25) is 9.78 Å². The number of hydrogen-bond acceptors (Lipinski definition) is 3. The Morgan fingerprint density at radius 1 is 1.10 bits per heavy atom. The molecular formula is C15H12N4O. The first kappa shape index (κ1) is 12.1. The molecule has 0 spiro atoms. The number of amides is 1. The molecule has 0 aliphatic carbocycles. The smallest absolute Gasteiger partial charge is 0.250 e. The maximum Gasteiger partial charge on any atom is 0.250 e. The number of primary amides is 1. The summed E-state index contributed by atoms with van der Waals surface area (Å²) in [5, 5.41) is 4.19. The standard InChI is InChI=1S/C15H12N4O/c16-15(20)13-7-12(9-17-10-13)11-3-1-4-14(8-11)19-6-2-5-18-19/h1-10H,(H2,16,20). The second-order valence-electron chi connectivity index (χ2n) is 4.33. The largest absolute Gasteiger partial charge is 0.366 e. The van der Waals surface area contributed by atoms with E-state index < -0.39 is 5.91 Å². The number of benzene rings is 1. The molecule has 1 amide bonds. The summed E-state index contributed by atoms with van der Waals surface area (Å²) >= 11 is 0. The Hall–Kier alpha value is -2.95. The lowest BCUT2D eigenvalue weighted by atomic mass is 10.1. The summed E-state index contributed by atoms with van der Waals surface area (Å²) in [7, 11) is 0. The van der Waals surface area contributed by atoms with Crippen molar-refractivity contribution in [1.82, 2.24) is 14.8 Å². The van der Waals surface area contributed by atoms with Crippen LogP contribution < -0.4 is 5.73 Å². The van der Waals surface area contributed by atoms with E-state index in [1.807, 2.05) is 36.5 Å². The van der Waals surface area contributed by atoms with Gasteiger partial charge in [-0.25, -0.2) is 4.68 Å². The van der Waals surface area contributed by atoms with E-state index in [0.717, 1.165) is 16.8 Å². The number of nitrogens with zero attached hydrogens (tertiary/aromatic N) is 3. The van der Waals surface area contributed by atoms with Crippen LogP contribution in [0, 0.1) is 0 Å². The van der Waals surface area contributed by atoms with Gasteiger partial charge in [0.05, 0.1) is 11.3 Å². The minimum Gasteiger partial charge on any atom is -0.366 e. The highest BCUT2D eigenvalue weighted by Crippen LogP contribution is 2.21. The van der Waals surface area contributed by atoms with Crippen LogP contribution in [0.15, 0.2) is 61.2 Å². The topological polar surface area (TPSA) is 73.8 Å². The fourth-order valence-electron chi connectivity index (χ4n) is 1.98. The Bertz CT molecular complexity index is 750. The van der Waals surface area contributed by atoms with Crippen molar-refractivity contribution in [2.24, 2.45) is 5.73 Å². The summed E-state index contributed by atoms with van der Waals surface area (Å²) < 4.78 is 1.77. The number of nitrogens with two attached hydrogens (primary N) is 1. The van der Waals surface area contributed by atoms with Gasteiger partial charge in [-0.2, -0.15) is 5.10 Å². The second kappa shape index (κ2) is 4.97. The number of carbonyl (C=O) groups is 1. The molecular weight excluding hydrogens is 252 g/mol. The van der Waals surface area contributed by atoms with E-state index in [2.05, 4.69) is 10.1 Å². The number of aromatic nitrogens is 3. The Morgan fingerprint density at radius 3 is 2.75 bits per heavy atom. The van der Waals surface area contributed by atoms with E-state index in [1.165, 1.54) is 6.20 Å². The molecule has 0 atom stereocenters. The van der Waals surface area contributed by atoms with Gasteiger partial charge in [0.1, 0.15) is 0 Å². The second-order valence-corrected chi connectivity index (χ2v) is 4.33. The molecule has 0 aliphatic rings. The number of rotatable bonds is 3. The molecule has 0 saturated carbocycles. The van der Waals surface area contributed by atoms with Crippen molar-refractivity contribution in [3.05, 3.63) is 66.7 Å². The molecule has 2 heterocycles. The molecule has 1 aromatic carbocycles. The first-order valence-electron chi connectivity index (χ1n) is 6.09. The van der Waals surface area contributed by atoms with Gasteiger partial charge in [0.15, 0.2) is 0 Å². The fraction of sp³-hybridized carbons (Fsp3) is 0. The van der Waals surface area contributed by atoms with E-state index in [1.54, 1.807) is 23.1 Å². The SMILES string of the molecule is NC(=O)c1cncc(-c2cccc(-n3cccn3)c2)c1. The zero-order valence-electron chi connectivity index (χ0n) is 10.6. The zero-order chi connectivity index (χ0) is 13.9. The molecule has 3 aromatic rings. The molecule has 2 N–H and O–H groups in total. The highest BCUT2D eigenvalue weighted by molar-refractivity contribution is 5.93. The van der Waals surface area contributed by atoms with Crippen LogP contribution in [0.4, 0.5) is 0 Å². The molecule has 5 nitrogen and oxygen atoms in total. The van der Waals surface area contributed by atoms with Crippen LogP contribution in [0.1, 0.15) is 10.4 Å². The Balaban J connectivity index is 2.04. The predicted molar refractivity (Wildman–Crippen MR) is 75.3 cm³/mol. The highest BCUT2D eigenvalue weighted by Gasteiger charge is 2.05. The van der Waals surface area contributed by atoms with Gasteiger partial charge in [0.25, 0.3) is 0 Å². The van der Waals surface area contributed by atoms with Gasteiger partial charge in [-0.1, -0.05) is 12.1 Å². The fourth-order valence-corrected chi connectivity index (χ4v) is 1.98. The molecule has 5 heteroatoms. The summed E-state index contributed by atoms with van der Waals surface area (Å²) in [6.07, 6.45) is 6.76. The average Bonchev–Trinajstić information content (AvgIpc) is 3.02. The minimum absolute atomic E-state index is 0.395. The zero-order valence-corrected chi connectivity index (χ0v) is 10.6. The Labute approximate surface area is 115 Å². The monoisotopic (exact) mass is 264 g/mol. The third-order valence-corrected chi connectivity index (χ3v) is 2.97. The first-order valence-corrected chi connectivity index (χ1v) is 6.09. The third-order valence-electron chi connectivity index (χ3n) is 2.97. The van der Waals surface area contributed by atoms with Crippen LogP contribution in [-0.4, -0.2) is 20.7 Å². The molecule has 0 fully saturated rings. The van der Waals surface area contributed by atoms with Crippen molar-refractivity contribution < 1.29 is 4.79 Å². The molecule has 0 bridgehead atoms. The maximum atomic E-state index is 11.2. The van der Waals surface area contributed by atoms with Crippen molar-refractivity contribution in [3.8, 4) is 16.8 Å². The van der Waals surface area contributed by atoms with Crippen LogP contribution in [0.25, 0.3) is 16.8 Å². The highest BCUT2D eigenvalue weighted by atomic mass is 16.1. The summed E-state index contributed by atoms with van der Waals surface area (Å²) in [4.78, 5) is 15.3. The van der Waals surface area contributed by atoms with E-state index in [4.69, 9.17) is 5.73 Å². The summed E-state index contributed by atoms with van der Waals surface area (Å²) in [5.41, 5.74) is 8.41. The Kier molecular flexibility index (Phi) is 3.01. The lowest BCUT2D eigenvalue weighted by molar-refractivity contribution is 0.1000. The first-order chi connectivity index (χ1) is 9.74. The van der Waals surface area contributed by atoms with E-state index >= 15 is 0 Å². The van der Waals surface area contributed by atoms with Gasteiger partial charge in [0, 0.05) is 30.4 Å². The minimum atomic E-state index is -0.484. The molecule has 0 aliphatic heterocycles. The molecule has 0 unspecified atom stereocenters. The summed E-state index contributed by atoms with van der Waals surface area (Å²) in [6, 6.07) is 11.4. The normalized spacial score (nSPS) is 10.4. The maximum absolute atomic E-state index is 11.2. The van der Waals surface area contributed by atoms with E-state index in [0.29, 0.717) is 5.56 Å². The molecule has 0 radical (unpaired) electrons. The van der Waals surface area contributed by atoms with Crippen LogP contribution in [0.5, 0.6) is 0 Å². The summed E-state index contributed by atoms with van der Waals surface area (Å²) in [5.74, 6) is -0.484. The number of hydrogen-bond donors (Lipinski definition) is 1. The molecule has 20 heavy (non-hydrogen) atoms. The van der Waals surface area contributed by atoms with Gasteiger partial charge in [-0.15, -0.1) is 0 Å². The lowest BCUT2D eigenvalue weighted by Gasteiger charge is -2.06. The van der Waals surface area contributed by atoms with Crippen molar-refractivity contribution in [2.45, 2.75) is 0 Å². The van der Waals surface area contributed by atoms with Gasteiger partial charge >= 0.3 is 0 Å². The average molecular weight is 264 g/mol. The van der Waals surface area contributed by atoms with Crippen LogP contribution in [0.2, 0.25) is 0 Å². The predicted octanol–water partition coefficient (Wildman–Crippen LogP) is 2.03. The molecule has 2 aromatic heterocycles. The molecule has 0 saturated heterocycles. The molecule has 3 rings (SSSR count). The number of carbonyl (C=O) groups excluding carboxylic acids is 1. The van der Waals surface area contributed by atoms with Crippen LogP contribution in [-0.2, 0) is 0 Å². The lowest BCUT2D eigenvalue weighted by Crippen LogP contribution is -2.11. The van der Waals surface area contributed by atoms with Crippen molar-refractivity contribution in [3.63, 3.8) is 0 Å². The van der Waals surface area contributed by atoms with E-state index in [-0.39, 0.29) is 0 Å². The van der Waals surface area contributed by atoms with Crippen LogP contribution in [0.3, 0.4) is 0 Å². The quantitative estimate of drug-likeness (QED) is 0.786. The van der Waals surface area contributed by atoms with Gasteiger partial charge in [0.2, 0.25) is 5.91 Å². The van der Waals surface area contributed by atoms with Gasteiger partial charge < -0.3 is 5.73 Å². The molecule has 98 valence electrons. The number of pyridine rings is 1. The Morgan fingerprint density at radius 2 is 2.00 bits per heavy atom. The third kappa shape index (κ3) is 2.29. The van der Waals surface area contributed by atoms with Crippen molar-refractivity contribution in [2.75, 3.05) is 0 Å². The van der Waals surface area contributed by atoms with E-state index in [9.17, 15) is 4.79 Å². The van der Waals surface area contributed by atoms with Crippen molar-refractivity contribution in [1.29, 1.82) is 0 Å². The van der Waals surface area contributed by atoms with Crippen molar-refractivity contribution >= 4 is 5.91 Å². The van der Waals surface area contributed by atoms with Crippen LogP contribution >= 0.6 is 0 Å². The van der Waals surface area contributed by atoms with Gasteiger partial charge in [-0.05, 0) is 29.8 Å².